The monoisotopic (exact) mass is 268 g/mol. The summed E-state index contributed by atoms with van der Waals surface area (Å²) in [7, 11) is 0. The molecule has 1 aliphatic carbocycles. The van der Waals surface area contributed by atoms with Crippen LogP contribution in [0, 0.1) is 5.41 Å². The Bertz CT molecular complexity index is 357. The number of urea groups is 1. The Morgan fingerprint density at radius 3 is 2.79 bits per heavy atom. The number of aliphatic carboxylic acids is 1. The molecule has 5 nitrogen and oxygen atoms in total. The maximum atomic E-state index is 12.2. The number of nitrogens with one attached hydrogen (secondary N) is 1. The molecule has 0 aliphatic heterocycles. The molecule has 2 amide bonds. The lowest BCUT2D eigenvalue weighted by Crippen LogP contribution is -2.51. The van der Waals surface area contributed by atoms with Crippen molar-refractivity contribution in [2.45, 2.75) is 45.6 Å². The third-order valence-corrected chi connectivity index (χ3v) is 3.87. The Hall–Kier alpha value is -1.52. The Morgan fingerprint density at radius 2 is 2.26 bits per heavy atom. The molecule has 1 rings (SSSR count). The highest BCUT2D eigenvalue weighted by Crippen LogP contribution is 2.38. The van der Waals surface area contributed by atoms with Crippen molar-refractivity contribution in [1.29, 1.82) is 0 Å². The molecule has 1 saturated carbocycles. The second-order valence-corrected chi connectivity index (χ2v) is 5.35. The summed E-state index contributed by atoms with van der Waals surface area (Å²) in [6, 6.07) is -0.484. The van der Waals surface area contributed by atoms with Crippen LogP contribution < -0.4 is 5.32 Å². The van der Waals surface area contributed by atoms with Crippen LogP contribution >= 0.6 is 0 Å². The van der Waals surface area contributed by atoms with Crippen molar-refractivity contribution in [3.63, 3.8) is 0 Å². The highest BCUT2D eigenvalue weighted by molar-refractivity contribution is 5.79. The minimum absolute atomic E-state index is 0.193. The van der Waals surface area contributed by atoms with Crippen LogP contribution in [0.4, 0.5) is 4.79 Å². The number of carboxylic acid groups (broad SMARTS) is 1. The van der Waals surface area contributed by atoms with E-state index in [9.17, 15) is 14.7 Å². The molecule has 0 spiro atoms. The number of carbonyl (C=O) groups excluding carboxylic acids is 1. The third kappa shape index (κ3) is 3.49. The van der Waals surface area contributed by atoms with Crippen molar-refractivity contribution >= 4 is 12.0 Å². The summed E-state index contributed by atoms with van der Waals surface area (Å²) in [5, 5.41) is 12.2. The highest BCUT2D eigenvalue weighted by Gasteiger charge is 2.46. The zero-order valence-corrected chi connectivity index (χ0v) is 11.8. The van der Waals surface area contributed by atoms with E-state index in [-0.39, 0.29) is 12.1 Å². The van der Waals surface area contributed by atoms with Gasteiger partial charge in [-0.3, -0.25) is 4.79 Å². The second-order valence-electron chi connectivity index (χ2n) is 5.35. The summed E-state index contributed by atoms with van der Waals surface area (Å²) in [5.41, 5.74) is -0.846. The first-order valence-corrected chi connectivity index (χ1v) is 6.85. The van der Waals surface area contributed by atoms with E-state index in [1.54, 1.807) is 17.9 Å². The van der Waals surface area contributed by atoms with Gasteiger partial charge in [0, 0.05) is 19.1 Å². The maximum Gasteiger partial charge on any atom is 0.317 e. The smallest absolute Gasteiger partial charge is 0.317 e. The van der Waals surface area contributed by atoms with E-state index < -0.39 is 11.4 Å². The molecule has 0 heterocycles. The van der Waals surface area contributed by atoms with Gasteiger partial charge in [-0.2, -0.15) is 0 Å². The highest BCUT2D eigenvalue weighted by atomic mass is 16.4. The fourth-order valence-electron chi connectivity index (χ4n) is 2.60. The van der Waals surface area contributed by atoms with Gasteiger partial charge in [-0.05, 0) is 26.2 Å². The molecule has 0 aromatic rings. The number of hydrogen-bond acceptors (Lipinski definition) is 2. The van der Waals surface area contributed by atoms with Gasteiger partial charge in [-0.1, -0.05) is 19.4 Å². The molecule has 0 aromatic carbocycles. The first-order valence-electron chi connectivity index (χ1n) is 6.85. The van der Waals surface area contributed by atoms with E-state index in [4.69, 9.17) is 0 Å². The van der Waals surface area contributed by atoms with Gasteiger partial charge in [0.1, 0.15) is 0 Å². The Labute approximate surface area is 114 Å². The van der Waals surface area contributed by atoms with Gasteiger partial charge in [0.15, 0.2) is 0 Å². The number of carboxylic acids is 1. The van der Waals surface area contributed by atoms with Crippen molar-refractivity contribution in [3.05, 3.63) is 12.7 Å². The first kappa shape index (κ1) is 15.5. The quantitative estimate of drug-likeness (QED) is 0.726. The number of hydrogen-bond donors (Lipinski definition) is 2. The standard InChI is InChI=1S/C14H24N2O3/c1-4-9-16(10-5-2)13(19)15-11-7-6-8-14(11,3)12(17)18/h4,11H,1,5-10H2,2-3H3,(H,15,19)(H,17,18). The lowest BCUT2D eigenvalue weighted by molar-refractivity contribution is -0.148. The maximum absolute atomic E-state index is 12.2. The summed E-state index contributed by atoms with van der Waals surface area (Å²) in [6.07, 6.45) is 4.72. The molecular weight excluding hydrogens is 244 g/mol. The van der Waals surface area contributed by atoms with Gasteiger partial charge in [-0.15, -0.1) is 6.58 Å². The molecule has 0 radical (unpaired) electrons. The van der Waals surface area contributed by atoms with Gasteiger partial charge in [0.25, 0.3) is 0 Å². The average Bonchev–Trinajstić information content (AvgIpc) is 2.72. The molecule has 108 valence electrons. The predicted molar refractivity (Wildman–Crippen MR) is 74.0 cm³/mol. The van der Waals surface area contributed by atoms with Gasteiger partial charge < -0.3 is 15.3 Å². The Balaban J connectivity index is 2.69. The van der Waals surface area contributed by atoms with Gasteiger partial charge >= 0.3 is 12.0 Å². The summed E-state index contributed by atoms with van der Waals surface area (Å²) in [4.78, 5) is 25.2. The molecule has 1 fully saturated rings. The molecule has 0 saturated heterocycles. The van der Waals surface area contributed by atoms with E-state index >= 15 is 0 Å². The summed E-state index contributed by atoms with van der Waals surface area (Å²) in [6.45, 7) is 8.48. The molecule has 0 aromatic heterocycles. The summed E-state index contributed by atoms with van der Waals surface area (Å²) >= 11 is 0. The van der Waals surface area contributed by atoms with Crippen LogP contribution in [0.5, 0.6) is 0 Å². The summed E-state index contributed by atoms with van der Waals surface area (Å²) < 4.78 is 0. The molecule has 2 unspecified atom stereocenters. The van der Waals surface area contributed by atoms with Crippen LogP contribution in [0.2, 0.25) is 0 Å². The van der Waals surface area contributed by atoms with Crippen LogP contribution in [0.3, 0.4) is 0 Å². The van der Waals surface area contributed by atoms with Crippen molar-refractivity contribution in [2.75, 3.05) is 13.1 Å². The zero-order chi connectivity index (χ0) is 14.5. The average molecular weight is 268 g/mol. The van der Waals surface area contributed by atoms with E-state index in [0.29, 0.717) is 19.5 Å². The largest absolute Gasteiger partial charge is 0.481 e. The molecule has 5 heteroatoms. The molecule has 2 N–H and O–H groups in total. The van der Waals surface area contributed by atoms with E-state index in [1.165, 1.54) is 0 Å². The van der Waals surface area contributed by atoms with Crippen molar-refractivity contribution < 1.29 is 14.7 Å². The number of nitrogens with zero attached hydrogens (tertiary/aromatic N) is 1. The van der Waals surface area contributed by atoms with Gasteiger partial charge in [0.2, 0.25) is 0 Å². The van der Waals surface area contributed by atoms with Crippen LogP contribution in [0.1, 0.15) is 39.5 Å². The van der Waals surface area contributed by atoms with E-state index in [0.717, 1.165) is 19.3 Å². The Kier molecular flexibility index (Phi) is 5.39. The van der Waals surface area contributed by atoms with Crippen molar-refractivity contribution in [1.82, 2.24) is 10.2 Å². The minimum Gasteiger partial charge on any atom is -0.481 e. The van der Waals surface area contributed by atoms with E-state index in [2.05, 4.69) is 11.9 Å². The second kappa shape index (κ2) is 6.59. The van der Waals surface area contributed by atoms with Crippen LogP contribution in [-0.2, 0) is 4.79 Å². The molecule has 19 heavy (non-hydrogen) atoms. The zero-order valence-electron chi connectivity index (χ0n) is 11.8. The number of amides is 2. The normalized spacial score (nSPS) is 25.9. The Morgan fingerprint density at radius 1 is 1.58 bits per heavy atom. The van der Waals surface area contributed by atoms with Crippen LogP contribution in [0.15, 0.2) is 12.7 Å². The van der Waals surface area contributed by atoms with Crippen LogP contribution in [0.25, 0.3) is 0 Å². The summed E-state index contributed by atoms with van der Waals surface area (Å²) in [5.74, 6) is -0.832. The lowest BCUT2D eigenvalue weighted by Gasteiger charge is -2.30. The van der Waals surface area contributed by atoms with Gasteiger partial charge in [-0.25, -0.2) is 4.79 Å². The predicted octanol–water partition coefficient (Wildman–Crippen LogP) is 2.24. The number of carbonyl (C=O) groups is 2. The minimum atomic E-state index is -0.846. The van der Waals surface area contributed by atoms with Crippen molar-refractivity contribution in [2.24, 2.45) is 5.41 Å². The third-order valence-electron chi connectivity index (χ3n) is 3.87. The first-order chi connectivity index (χ1) is 8.95. The molecular formula is C14H24N2O3. The van der Waals surface area contributed by atoms with Crippen LogP contribution in [-0.4, -0.2) is 41.1 Å². The molecule has 1 aliphatic rings. The molecule has 2 atom stereocenters. The topological polar surface area (TPSA) is 69.6 Å². The SMILES string of the molecule is C=CCN(CCC)C(=O)NC1CCCC1(C)C(=O)O. The molecule has 0 bridgehead atoms. The van der Waals surface area contributed by atoms with E-state index in [1.807, 2.05) is 6.92 Å². The lowest BCUT2D eigenvalue weighted by atomic mass is 9.85. The number of rotatable bonds is 6. The van der Waals surface area contributed by atoms with Crippen molar-refractivity contribution in [3.8, 4) is 0 Å². The fourth-order valence-corrected chi connectivity index (χ4v) is 2.60. The fraction of sp³-hybridized carbons (Fsp3) is 0.714. The van der Waals surface area contributed by atoms with Gasteiger partial charge in [0.05, 0.1) is 5.41 Å².